The van der Waals surface area contributed by atoms with Crippen molar-refractivity contribution < 1.29 is 13.3 Å². The molecule has 8 heteroatoms. The van der Waals surface area contributed by atoms with E-state index in [1.165, 1.54) is 39.9 Å². The van der Waals surface area contributed by atoms with Crippen LogP contribution in [0.1, 0.15) is 22.7 Å². The van der Waals surface area contributed by atoms with Gasteiger partial charge in [-0.1, -0.05) is 24.3 Å². The van der Waals surface area contributed by atoms with Gasteiger partial charge < -0.3 is 0 Å². The van der Waals surface area contributed by atoms with Crippen molar-refractivity contribution in [3.05, 3.63) is 92.2 Å². The number of hydrogen-bond donors (Lipinski definition) is 0. The highest BCUT2D eigenvalue weighted by Gasteiger charge is 2.37. The Morgan fingerprint density at radius 1 is 1.07 bits per heavy atom. The van der Waals surface area contributed by atoms with E-state index >= 15 is 0 Å². The van der Waals surface area contributed by atoms with Gasteiger partial charge in [-0.05, 0) is 52.1 Å². The van der Waals surface area contributed by atoms with Gasteiger partial charge in [-0.2, -0.15) is 15.6 Å². The molecule has 0 fully saturated rings. The Bertz CT molecular complexity index is 1080. The lowest BCUT2D eigenvalue weighted by Crippen LogP contribution is -2.40. The number of fused-ring (bicyclic) bond motifs is 1. The summed E-state index contributed by atoms with van der Waals surface area (Å²) in [7, 11) is -3.81. The summed E-state index contributed by atoms with van der Waals surface area (Å²) in [6.45, 7) is 0.358. The molecule has 0 amide bonds. The van der Waals surface area contributed by atoms with Gasteiger partial charge in [0.2, 0.25) is 10.0 Å². The number of nitro groups is 1. The van der Waals surface area contributed by atoms with Crippen LogP contribution in [0.15, 0.2) is 70.3 Å². The first-order valence-electron chi connectivity index (χ1n) is 8.34. The maximum atomic E-state index is 13.3. The molecule has 3 aromatic rings. The summed E-state index contributed by atoms with van der Waals surface area (Å²) in [5.41, 5.74) is 2.92. The minimum Gasteiger partial charge on any atom is -0.258 e. The van der Waals surface area contributed by atoms with E-state index in [1.54, 1.807) is 0 Å². The lowest BCUT2D eigenvalue weighted by atomic mass is 9.91. The lowest BCUT2D eigenvalue weighted by molar-refractivity contribution is -0.384. The lowest BCUT2D eigenvalue weighted by Gasteiger charge is -2.36. The minimum atomic E-state index is -3.81. The molecule has 1 atom stereocenters. The number of sulfonamides is 1. The fourth-order valence-electron chi connectivity index (χ4n) is 3.45. The highest BCUT2D eigenvalue weighted by atomic mass is 32.2. The Morgan fingerprint density at radius 2 is 1.81 bits per heavy atom. The van der Waals surface area contributed by atoms with E-state index < -0.39 is 21.0 Å². The fourth-order valence-corrected chi connectivity index (χ4v) is 5.73. The van der Waals surface area contributed by atoms with Crippen molar-refractivity contribution in [3.63, 3.8) is 0 Å². The van der Waals surface area contributed by atoms with E-state index in [-0.39, 0.29) is 10.6 Å². The summed E-state index contributed by atoms with van der Waals surface area (Å²) in [6.07, 6.45) is 0.628. The monoisotopic (exact) mass is 400 g/mol. The van der Waals surface area contributed by atoms with E-state index in [2.05, 4.69) is 0 Å². The van der Waals surface area contributed by atoms with E-state index in [9.17, 15) is 18.5 Å². The second-order valence-corrected chi connectivity index (χ2v) is 8.95. The quantitative estimate of drug-likeness (QED) is 0.490. The van der Waals surface area contributed by atoms with E-state index in [1.807, 2.05) is 41.1 Å². The molecule has 4 rings (SSSR count). The van der Waals surface area contributed by atoms with Gasteiger partial charge in [-0.25, -0.2) is 8.42 Å². The molecule has 2 heterocycles. The van der Waals surface area contributed by atoms with Crippen molar-refractivity contribution in [2.24, 2.45) is 0 Å². The average Bonchev–Trinajstić information content (AvgIpc) is 3.21. The highest BCUT2D eigenvalue weighted by molar-refractivity contribution is 7.89. The Hall–Kier alpha value is -2.55. The van der Waals surface area contributed by atoms with Crippen LogP contribution in [0.2, 0.25) is 0 Å². The van der Waals surface area contributed by atoms with Gasteiger partial charge in [0.05, 0.1) is 15.9 Å². The van der Waals surface area contributed by atoms with Crippen molar-refractivity contribution in [3.8, 4) is 0 Å². The maximum absolute atomic E-state index is 13.3. The molecule has 1 aliphatic heterocycles. The molecular formula is C19H16N2O4S2. The summed E-state index contributed by atoms with van der Waals surface area (Å²) in [5.74, 6) is 0. The first-order valence-corrected chi connectivity index (χ1v) is 10.7. The van der Waals surface area contributed by atoms with Crippen LogP contribution in [0.25, 0.3) is 0 Å². The molecule has 0 saturated heterocycles. The van der Waals surface area contributed by atoms with Crippen LogP contribution in [0.3, 0.4) is 0 Å². The second kappa shape index (κ2) is 6.88. The van der Waals surface area contributed by atoms with Crippen molar-refractivity contribution in [1.29, 1.82) is 0 Å². The van der Waals surface area contributed by atoms with Crippen molar-refractivity contribution in [2.45, 2.75) is 17.4 Å². The zero-order valence-electron chi connectivity index (χ0n) is 14.2. The van der Waals surface area contributed by atoms with Gasteiger partial charge >= 0.3 is 0 Å². The summed E-state index contributed by atoms with van der Waals surface area (Å²) in [6, 6.07) is 14.5. The van der Waals surface area contributed by atoms with Gasteiger partial charge in [-0.15, -0.1) is 0 Å². The van der Waals surface area contributed by atoms with Crippen molar-refractivity contribution in [1.82, 2.24) is 4.31 Å². The van der Waals surface area contributed by atoms with Crippen molar-refractivity contribution in [2.75, 3.05) is 6.54 Å². The maximum Gasteiger partial charge on any atom is 0.269 e. The third-order valence-electron chi connectivity index (χ3n) is 4.75. The van der Waals surface area contributed by atoms with E-state index in [0.717, 1.165) is 16.7 Å². The van der Waals surface area contributed by atoms with Crippen LogP contribution < -0.4 is 0 Å². The Kier molecular flexibility index (Phi) is 4.55. The zero-order chi connectivity index (χ0) is 19.0. The number of benzene rings is 2. The standard InChI is InChI=1S/C19H16N2O4S2/c22-21(23)16-5-7-17(8-6-16)27(24,25)20-11-9-14-3-1-2-4-18(14)19(20)15-10-12-26-13-15/h1-8,10,12-13,19H,9,11H2. The number of nitrogens with zero attached hydrogens (tertiary/aromatic N) is 2. The fraction of sp³-hybridized carbons (Fsp3) is 0.158. The van der Waals surface area contributed by atoms with Gasteiger partial charge in [0.25, 0.3) is 5.69 Å². The number of thiophene rings is 1. The molecule has 0 N–H and O–H groups in total. The van der Waals surface area contributed by atoms with E-state index in [0.29, 0.717) is 13.0 Å². The second-order valence-electron chi connectivity index (χ2n) is 6.27. The van der Waals surface area contributed by atoms with Gasteiger partial charge in [0, 0.05) is 18.7 Å². The molecule has 1 aliphatic rings. The Balaban J connectivity index is 1.80. The molecule has 0 saturated carbocycles. The summed E-state index contributed by atoms with van der Waals surface area (Å²) in [5, 5.41) is 14.8. The Labute approximate surface area is 160 Å². The zero-order valence-corrected chi connectivity index (χ0v) is 15.8. The minimum absolute atomic E-state index is 0.0627. The highest BCUT2D eigenvalue weighted by Crippen LogP contribution is 2.39. The predicted molar refractivity (Wildman–Crippen MR) is 103 cm³/mol. The number of rotatable bonds is 4. The largest absolute Gasteiger partial charge is 0.269 e. The molecular weight excluding hydrogens is 384 g/mol. The van der Waals surface area contributed by atoms with Crippen LogP contribution >= 0.6 is 11.3 Å². The molecule has 138 valence electrons. The molecule has 0 bridgehead atoms. The molecule has 6 nitrogen and oxygen atoms in total. The topological polar surface area (TPSA) is 80.5 Å². The summed E-state index contributed by atoms with van der Waals surface area (Å²) >= 11 is 1.53. The summed E-state index contributed by atoms with van der Waals surface area (Å²) < 4.78 is 28.2. The molecule has 0 radical (unpaired) electrons. The third-order valence-corrected chi connectivity index (χ3v) is 7.33. The summed E-state index contributed by atoms with van der Waals surface area (Å²) in [4.78, 5) is 10.4. The normalized spacial score (nSPS) is 17.4. The number of nitro benzene ring substituents is 1. The van der Waals surface area contributed by atoms with Crippen LogP contribution in [-0.2, 0) is 16.4 Å². The first-order chi connectivity index (χ1) is 13.0. The average molecular weight is 400 g/mol. The Morgan fingerprint density at radius 3 is 2.48 bits per heavy atom. The smallest absolute Gasteiger partial charge is 0.258 e. The van der Waals surface area contributed by atoms with E-state index in [4.69, 9.17) is 0 Å². The predicted octanol–water partition coefficient (Wildman–Crippen LogP) is 3.99. The van der Waals surface area contributed by atoms with Gasteiger partial charge in [-0.3, -0.25) is 10.1 Å². The molecule has 2 aromatic carbocycles. The van der Waals surface area contributed by atoms with Crippen LogP contribution in [-0.4, -0.2) is 24.2 Å². The van der Waals surface area contributed by atoms with Gasteiger partial charge in [0.15, 0.2) is 0 Å². The molecule has 0 spiro atoms. The molecule has 27 heavy (non-hydrogen) atoms. The van der Waals surface area contributed by atoms with Crippen LogP contribution in [0.5, 0.6) is 0 Å². The molecule has 0 aliphatic carbocycles. The molecule has 1 aromatic heterocycles. The van der Waals surface area contributed by atoms with Crippen molar-refractivity contribution >= 4 is 27.0 Å². The van der Waals surface area contributed by atoms with Crippen LogP contribution in [0.4, 0.5) is 5.69 Å². The first kappa shape index (κ1) is 17.8. The number of hydrogen-bond acceptors (Lipinski definition) is 5. The number of non-ortho nitro benzene ring substituents is 1. The molecule has 1 unspecified atom stereocenters. The SMILES string of the molecule is O=[N+]([O-])c1ccc(S(=O)(=O)N2CCc3ccccc3C2c2ccsc2)cc1. The third kappa shape index (κ3) is 3.16. The van der Waals surface area contributed by atoms with Crippen LogP contribution in [0, 0.1) is 10.1 Å². The van der Waals surface area contributed by atoms with Gasteiger partial charge in [0.1, 0.15) is 0 Å².